The van der Waals surface area contributed by atoms with Crippen LogP contribution in [0.1, 0.15) is 22.8 Å². The van der Waals surface area contributed by atoms with Crippen molar-refractivity contribution in [1.82, 2.24) is 0 Å². The molecule has 5 heteroatoms. The van der Waals surface area contributed by atoms with Crippen molar-refractivity contribution in [3.63, 3.8) is 0 Å². The van der Waals surface area contributed by atoms with Crippen LogP contribution in [-0.2, 0) is 0 Å². The van der Waals surface area contributed by atoms with Gasteiger partial charge in [-0.05, 0) is 52.2 Å². The third-order valence-corrected chi connectivity index (χ3v) is 3.44. The summed E-state index contributed by atoms with van der Waals surface area (Å²) in [5.74, 6) is -1.99. The molecule has 1 N–H and O–H groups in total. The molecule has 0 aliphatic heterocycles. The molecule has 0 bridgehead atoms. The zero-order valence-electron chi connectivity index (χ0n) is 9.92. The molecular weight excluding hydrogens is 321 g/mol. The lowest BCUT2D eigenvalue weighted by Crippen LogP contribution is -2.04. The summed E-state index contributed by atoms with van der Waals surface area (Å²) < 4.78 is 40.1. The monoisotopic (exact) mass is 330 g/mol. The molecule has 0 fully saturated rings. The zero-order valence-corrected chi connectivity index (χ0v) is 11.5. The van der Waals surface area contributed by atoms with Gasteiger partial charge in [-0.1, -0.05) is 6.07 Å². The Morgan fingerprint density at radius 1 is 1.00 bits per heavy atom. The molecule has 1 atom stereocenters. The van der Waals surface area contributed by atoms with Crippen LogP contribution in [0, 0.1) is 24.4 Å². The van der Waals surface area contributed by atoms with Crippen LogP contribution < -0.4 is 0 Å². The molecule has 100 valence electrons. The second-order valence-corrected chi connectivity index (χ2v) is 5.05. The van der Waals surface area contributed by atoms with Crippen LogP contribution in [0.4, 0.5) is 13.2 Å². The zero-order chi connectivity index (χ0) is 14.2. The van der Waals surface area contributed by atoms with Gasteiger partial charge in [0.2, 0.25) is 0 Å². The molecule has 1 unspecified atom stereocenters. The fourth-order valence-corrected chi connectivity index (χ4v) is 2.15. The Bertz CT molecular complexity index is 628. The molecule has 2 rings (SSSR count). The van der Waals surface area contributed by atoms with E-state index in [9.17, 15) is 18.3 Å². The van der Waals surface area contributed by atoms with Gasteiger partial charge in [0.05, 0.1) is 4.47 Å². The van der Waals surface area contributed by atoms with Gasteiger partial charge >= 0.3 is 0 Å². The lowest BCUT2D eigenvalue weighted by atomic mass is 9.99. The highest BCUT2D eigenvalue weighted by Gasteiger charge is 2.18. The van der Waals surface area contributed by atoms with E-state index in [0.717, 1.165) is 12.1 Å². The van der Waals surface area contributed by atoms with E-state index in [1.165, 1.54) is 25.1 Å². The highest BCUT2D eigenvalue weighted by atomic mass is 79.9. The van der Waals surface area contributed by atoms with Crippen LogP contribution in [-0.4, -0.2) is 5.11 Å². The van der Waals surface area contributed by atoms with E-state index in [0.29, 0.717) is 5.56 Å². The van der Waals surface area contributed by atoms with Crippen LogP contribution in [0.25, 0.3) is 0 Å². The first kappa shape index (κ1) is 14.1. The number of benzene rings is 2. The first-order chi connectivity index (χ1) is 8.90. The van der Waals surface area contributed by atoms with E-state index in [2.05, 4.69) is 15.9 Å². The van der Waals surface area contributed by atoms with Crippen LogP contribution in [0.3, 0.4) is 0 Å². The fourth-order valence-electron chi connectivity index (χ4n) is 1.75. The molecule has 0 spiro atoms. The molecule has 0 aromatic heterocycles. The largest absolute Gasteiger partial charge is 0.384 e. The van der Waals surface area contributed by atoms with Crippen LogP contribution >= 0.6 is 15.9 Å². The average Bonchev–Trinajstić information content (AvgIpc) is 2.36. The van der Waals surface area contributed by atoms with Gasteiger partial charge in [-0.3, -0.25) is 0 Å². The lowest BCUT2D eigenvalue weighted by Gasteiger charge is -2.14. The van der Waals surface area contributed by atoms with Gasteiger partial charge in [-0.2, -0.15) is 0 Å². The Labute approximate surface area is 116 Å². The number of aliphatic hydroxyl groups excluding tert-OH is 1. The minimum atomic E-state index is -1.28. The fraction of sp³-hybridized carbons (Fsp3) is 0.143. The van der Waals surface area contributed by atoms with E-state index in [1.807, 2.05) is 0 Å². The van der Waals surface area contributed by atoms with Gasteiger partial charge in [0.1, 0.15) is 23.6 Å². The maximum absolute atomic E-state index is 13.7. The molecule has 19 heavy (non-hydrogen) atoms. The molecule has 0 aliphatic rings. The van der Waals surface area contributed by atoms with Crippen molar-refractivity contribution in [2.45, 2.75) is 13.0 Å². The van der Waals surface area contributed by atoms with Crippen LogP contribution in [0.15, 0.2) is 34.8 Å². The van der Waals surface area contributed by atoms with Crippen molar-refractivity contribution in [1.29, 1.82) is 0 Å². The molecule has 2 aromatic rings. The Hall–Kier alpha value is -1.33. The molecule has 2 aromatic carbocycles. The Morgan fingerprint density at radius 2 is 1.68 bits per heavy atom. The quantitative estimate of drug-likeness (QED) is 0.872. The molecule has 0 saturated carbocycles. The minimum absolute atomic E-state index is 0.0441. The smallest absolute Gasteiger partial charge is 0.137 e. The summed E-state index contributed by atoms with van der Waals surface area (Å²) in [5.41, 5.74) is 0.507. The van der Waals surface area contributed by atoms with Gasteiger partial charge in [0.25, 0.3) is 0 Å². The van der Waals surface area contributed by atoms with Crippen molar-refractivity contribution in [3.05, 3.63) is 68.9 Å². The van der Waals surface area contributed by atoms with Crippen molar-refractivity contribution in [2.24, 2.45) is 0 Å². The number of aliphatic hydroxyl groups is 1. The van der Waals surface area contributed by atoms with E-state index in [4.69, 9.17) is 0 Å². The summed E-state index contributed by atoms with van der Waals surface area (Å²) in [6.07, 6.45) is -1.28. The second kappa shape index (κ2) is 5.35. The van der Waals surface area contributed by atoms with Crippen molar-refractivity contribution in [2.75, 3.05) is 0 Å². The van der Waals surface area contributed by atoms with E-state index < -0.39 is 23.6 Å². The highest BCUT2D eigenvalue weighted by Crippen LogP contribution is 2.28. The Morgan fingerprint density at radius 3 is 2.32 bits per heavy atom. The van der Waals surface area contributed by atoms with E-state index >= 15 is 0 Å². The van der Waals surface area contributed by atoms with Gasteiger partial charge in [0.15, 0.2) is 0 Å². The number of hydrogen-bond acceptors (Lipinski definition) is 1. The van der Waals surface area contributed by atoms with Crippen molar-refractivity contribution in [3.8, 4) is 0 Å². The maximum atomic E-state index is 13.7. The summed E-state index contributed by atoms with van der Waals surface area (Å²) in [4.78, 5) is 0. The van der Waals surface area contributed by atoms with Crippen molar-refractivity contribution >= 4 is 15.9 Å². The number of aryl methyl sites for hydroxylation is 1. The second-order valence-electron chi connectivity index (χ2n) is 4.20. The molecule has 1 nitrogen and oxygen atoms in total. The highest BCUT2D eigenvalue weighted by molar-refractivity contribution is 9.10. The van der Waals surface area contributed by atoms with Crippen LogP contribution in [0.2, 0.25) is 0 Å². The Balaban J connectivity index is 2.46. The predicted octanol–water partition coefficient (Wildman–Crippen LogP) is 4.26. The predicted molar refractivity (Wildman–Crippen MR) is 69.3 cm³/mol. The summed E-state index contributed by atoms with van der Waals surface area (Å²) >= 11 is 2.99. The van der Waals surface area contributed by atoms with Gasteiger partial charge < -0.3 is 5.11 Å². The molecule has 0 amide bonds. The lowest BCUT2D eigenvalue weighted by molar-refractivity contribution is 0.214. The van der Waals surface area contributed by atoms with Gasteiger partial charge in [-0.25, -0.2) is 13.2 Å². The van der Waals surface area contributed by atoms with Crippen LogP contribution in [0.5, 0.6) is 0 Å². The topological polar surface area (TPSA) is 20.2 Å². The average molecular weight is 331 g/mol. The minimum Gasteiger partial charge on any atom is -0.384 e. The van der Waals surface area contributed by atoms with Gasteiger partial charge in [0, 0.05) is 11.6 Å². The molecule has 0 saturated heterocycles. The van der Waals surface area contributed by atoms with Crippen molar-refractivity contribution < 1.29 is 18.3 Å². The molecule has 0 radical (unpaired) electrons. The summed E-state index contributed by atoms with van der Waals surface area (Å²) in [5, 5.41) is 10.1. The Kier molecular flexibility index (Phi) is 3.96. The first-order valence-corrected chi connectivity index (χ1v) is 6.28. The standard InChI is InChI=1S/C14H10BrF3O/c1-7-4-9(13(18)6-12(7)17)14(19)8-2-3-11(16)10(15)5-8/h2-6,14,19H,1H3. The summed E-state index contributed by atoms with van der Waals surface area (Å²) in [6.45, 7) is 1.48. The number of hydrogen-bond donors (Lipinski definition) is 1. The third-order valence-electron chi connectivity index (χ3n) is 2.83. The normalized spacial score (nSPS) is 12.5. The van der Waals surface area contributed by atoms with E-state index in [-0.39, 0.29) is 15.6 Å². The molecule has 0 heterocycles. The van der Waals surface area contributed by atoms with E-state index in [1.54, 1.807) is 0 Å². The number of halogens is 4. The summed E-state index contributed by atoms with van der Waals surface area (Å²) in [7, 11) is 0. The molecule has 0 aliphatic carbocycles. The molecular formula is C14H10BrF3O. The maximum Gasteiger partial charge on any atom is 0.137 e. The van der Waals surface area contributed by atoms with Gasteiger partial charge in [-0.15, -0.1) is 0 Å². The first-order valence-electron chi connectivity index (χ1n) is 5.48. The SMILES string of the molecule is Cc1cc(C(O)c2ccc(F)c(Br)c2)c(F)cc1F. The third kappa shape index (κ3) is 2.82. The number of rotatable bonds is 2. The summed E-state index contributed by atoms with van der Waals surface area (Å²) in [6, 6.07) is 5.84.